The Labute approximate surface area is 115 Å². The third-order valence-electron chi connectivity index (χ3n) is 3.24. The Hall–Kier alpha value is -2.15. The molecule has 7 heteroatoms. The van der Waals surface area contributed by atoms with Gasteiger partial charge in [-0.3, -0.25) is 0 Å². The van der Waals surface area contributed by atoms with Crippen molar-refractivity contribution in [2.75, 3.05) is 38.5 Å². The van der Waals surface area contributed by atoms with E-state index in [1.165, 1.54) is 6.07 Å². The molecule has 0 saturated carbocycles. The number of rotatable bonds is 2. The van der Waals surface area contributed by atoms with Crippen LogP contribution in [0.25, 0.3) is 0 Å². The van der Waals surface area contributed by atoms with Crippen molar-refractivity contribution in [3.8, 4) is 0 Å². The van der Waals surface area contributed by atoms with Gasteiger partial charge in [0, 0.05) is 31.9 Å². The molecule has 0 aromatic heterocycles. The van der Waals surface area contributed by atoms with Gasteiger partial charge >= 0.3 is 12.0 Å². The first-order chi connectivity index (χ1) is 9.47. The second kappa shape index (κ2) is 5.87. The van der Waals surface area contributed by atoms with Gasteiger partial charge in [0.2, 0.25) is 0 Å². The molecule has 2 rings (SSSR count). The van der Waals surface area contributed by atoms with Crippen molar-refractivity contribution in [2.24, 2.45) is 0 Å². The van der Waals surface area contributed by atoms with Crippen LogP contribution in [-0.4, -0.2) is 60.1 Å². The highest BCUT2D eigenvalue weighted by Crippen LogP contribution is 2.15. The summed E-state index contributed by atoms with van der Waals surface area (Å²) >= 11 is 0. The van der Waals surface area contributed by atoms with Crippen LogP contribution in [0, 0.1) is 5.82 Å². The number of carbonyl (C=O) groups excluding carboxylic acids is 1. The molecule has 0 aliphatic carbocycles. The molecule has 20 heavy (non-hydrogen) atoms. The number of likely N-dealkylation sites (N-methyl/N-ethyl adjacent to an activating group) is 1. The highest BCUT2D eigenvalue weighted by molar-refractivity contribution is 5.91. The number of carboxylic acids is 1. The number of amides is 2. The Bertz CT molecular complexity index is 528. The van der Waals surface area contributed by atoms with E-state index in [9.17, 15) is 14.0 Å². The van der Waals surface area contributed by atoms with Gasteiger partial charge in [-0.1, -0.05) is 0 Å². The molecule has 1 heterocycles. The lowest BCUT2D eigenvalue weighted by Gasteiger charge is -2.32. The zero-order chi connectivity index (χ0) is 14.7. The lowest BCUT2D eigenvalue weighted by molar-refractivity contribution is 0.0692. The minimum absolute atomic E-state index is 0.247. The average molecular weight is 281 g/mol. The first-order valence-corrected chi connectivity index (χ1v) is 6.24. The fourth-order valence-electron chi connectivity index (χ4n) is 1.98. The maximum Gasteiger partial charge on any atom is 0.338 e. The third kappa shape index (κ3) is 3.24. The van der Waals surface area contributed by atoms with Crippen LogP contribution in [0.4, 0.5) is 14.9 Å². The summed E-state index contributed by atoms with van der Waals surface area (Å²) in [5.74, 6) is -2.20. The molecule has 1 saturated heterocycles. The number of nitrogens with one attached hydrogen (secondary N) is 1. The number of carbonyl (C=O) groups is 2. The summed E-state index contributed by atoms with van der Waals surface area (Å²) in [7, 11) is 1.98. The Morgan fingerprint density at radius 3 is 2.45 bits per heavy atom. The van der Waals surface area contributed by atoms with Crippen molar-refractivity contribution in [3.63, 3.8) is 0 Å². The van der Waals surface area contributed by atoms with Gasteiger partial charge in [-0.15, -0.1) is 0 Å². The zero-order valence-electron chi connectivity index (χ0n) is 11.1. The molecular formula is C13H16FN3O3. The summed E-state index contributed by atoms with van der Waals surface area (Å²) in [6.07, 6.45) is 0. The standard InChI is InChI=1S/C13H16FN3O3/c1-16-4-6-17(7-5-16)13(20)15-9-2-3-10(12(18)19)11(14)8-9/h2-3,8H,4-7H2,1H3,(H,15,20)(H,18,19). The molecule has 2 N–H and O–H groups in total. The maximum absolute atomic E-state index is 13.5. The molecule has 0 unspecified atom stereocenters. The Morgan fingerprint density at radius 2 is 1.90 bits per heavy atom. The van der Waals surface area contributed by atoms with Crippen LogP contribution in [-0.2, 0) is 0 Å². The van der Waals surface area contributed by atoms with Crippen LogP contribution >= 0.6 is 0 Å². The normalized spacial score (nSPS) is 16.0. The lowest BCUT2D eigenvalue weighted by atomic mass is 10.2. The highest BCUT2D eigenvalue weighted by atomic mass is 19.1. The van der Waals surface area contributed by atoms with E-state index in [0.717, 1.165) is 25.2 Å². The number of nitrogens with zero attached hydrogens (tertiary/aromatic N) is 2. The van der Waals surface area contributed by atoms with Crippen LogP contribution in [0.2, 0.25) is 0 Å². The summed E-state index contributed by atoms with van der Waals surface area (Å²) in [6.45, 7) is 2.80. The quantitative estimate of drug-likeness (QED) is 0.857. The van der Waals surface area contributed by atoms with E-state index in [-0.39, 0.29) is 11.7 Å². The lowest BCUT2D eigenvalue weighted by Crippen LogP contribution is -2.48. The van der Waals surface area contributed by atoms with E-state index in [2.05, 4.69) is 10.2 Å². The monoisotopic (exact) mass is 281 g/mol. The number of carboxylic acid groups (broad SMARTS) is 1. The largest absolute Gasteiger partial charge is 0.478 e. The zero-order valence-corrected chi connectivity index (χ0v) is 11.1. The summed E-state index contributed by atoms with van der Waals surface area (Å²) in [6, 6.07) is 3.22. The van der Waals surface area contributed by atoms with Crippen molar-refractivity contribution in [1.29, 1.82) is 0 Å². The average Bonchev–Trinajstić information content (AvgIpc) is 2.39. The topological polar surface area (TPSA) is 72.9 Å². The van der Waals surface area contributed by atoms with Crippen LogP contribution in [0.5, 0.6) is 0 Å². The molecule has 0 atom stereocenters. The van der Waals surface area contributed by atoms with Gasteiger partial charge in [-0.25, -0.2) is 14.0 Å². The van der Waals surface area contributed by atoms with E-state index in [1.807, 2.05) is 7.05 Å². The van der Waals surface area contributed by atoms with Crippen molar-refractivity contribution in [3.05, 3.63) is 29.6 Å². The summed E-state index contributed by atoms with van der Waals surface area (Å²) in [4.78, 5) is 26.4. The number of hydrogen-bond acceptors (Lipinski definition) is 3. The van der Waals surface area contributed by atoms with Crippen molar-refractivity contribution in [1.82, 2.24) is 9.80 Å². The minimum atomic E-state index is -1.33. The molecule has 0 spiro atoms. The first-order valence-electron chi connectivity index (χ1n) is 6.24. The van der Waals surface area contributed by atoms with E-state index in [4.69, 9.17) is 5.11 Å². The molecule has 0 bridgehead atoms. The number of urea groups is 1. The SMILES string of the molecule is CN1CCN(C(=O)Nc2ccc(C(=O)O)c(F)c2)CC1. The summed E-state index contributed by atoms with van der Waals surface area (Å²) < 4.78 is 13.5. The van der Waals surface area contributed by atoms with Crippen molar-refractivity contribution >= 4 is 17.7 Å². The number of benzene rings is 1. The van der Waals surface area contributed by atoms with E-state index in [1.54, 1.807) is 4.90 Å². The summed E-state index contributed by atoms with van der Waals surface area (Å²) in [5.41, 5.74) is -0.168. The first kappa shape index (κ1) is 14.3. The fraction of sp³-hybridized carbons (Fsp3) is 0.385. The van der Waals surface area contributed by atoms with Gasteiger partial charge in [-0.2, -0.15) is 0 Å². The number of piperazine rings is 1. The molecule has 1 fully saturated rings. The molecule has 6 nitrogen and oxygen atoms in total. The molecule has 2 amide bonds. The van der Waals surface area contributed by atoms with Crippen LogP contribution in [0.15, 0.2) is 18.2 Å². The highest BCUT2D eigenvalue weighted by Gasteiger charge is 2.19. The van der Waals surface area contributed by atoms with Crippen LogP contribution < -0.4 is 5.32 Å². The van der Waals surface area contributed by atoms with Crippen molar-refractivity contribution in [2.45, 2.75) is 0 Å². The molecule has 1 aliphatic rings. The smallest absolute Gasteiger partial charge is 0.338 e. The number of halogens is 1. The van der Waals surface area contributed by atoms with Gasteiger partial charge in [0.05, 0.1) is 5.56 Å². The van der Waals surface area contributed by atoms with E-state index >= 15 is 0 Å². The molecule has 108 valence electrons. The predicted molar refractivity (Wildman–Crippen MR) is 71.4 cm³/mol. The Balaban J connectivity index is 2.01. The second-order valence-electron chi connectivity index (χ2n) is 4.72. The Morgan fingerprint density at radius 1 is 1.25 bits per heavy atom. The van der Waals surface area contributed by atoms with Gasteiger partial charge < -0.3 is 20.2 Å². The van der Waals surface area contributed by atoms with Gasteiger partial charge in [0.25, 0.3) is 0 Å². The molecule has 0 radical (unpaired) electrons. The van der Waals surface area contributed by atoms with Crippen LogP contribution in [0.1, 0.15) is 10.4 Å². The van der Waals surface area contributed by atoms with Crippen molar-refractivity contribution < 1.29 is 19.1 Å². The van der Waals surface area contributed by atoms with E-state index in [0.29, 0.717) is 13.1 Å². The number of aromatic carboxylic acids is 1. The molecular weight excluding hydrogens is 265 g/mol. The van der Waals surface area contributed by atoms with Gasteiger partial charge in [0.15, 0.2) is 0 Å². The third-order valence-corrected chi connectivity index (χ3v) is 3.24. The fourth-order valence-corrected chi connectivity index (χ4v) is 1.98. The predicted octanol–water partition coefficient (Wildman–Crippen LogP) is 1.30. The second-order valence-corrected chi connectivity index (χ2v) is 4.72. The van der Waals surface area contributed by atoms with Crippen LogP contribution in [0.3, 0.4) is 0 Å². The molecule has 1 aliphatic heterocycles. The molecule has 1 aromatic rings. The number of anilines is 1. The minimum Gasteiger partial charge on any atom is -0.478 e. The molecule has 1 aromatic carbocycles. The Kier molecular flexibility index (Phi) is 4.19. The summed E-state index contributed by atoms with van der Waals surface area (Å²) in [5, 5.41) is 11.3. The number of hydrogen-bond donors (Lipinski definition) is 2. The van der Waals surface area contributed by atoms with E-state index < -0.39 is 17.3 Å². The maximum atomic E-state index is 13.5. The van der Waals surface area contributed by atoms with Gasteiger partial charge in [0.1, 0.15) is 5.82 Å². The van der Waals surface area contributed by atoms with Gasteiger partial charge in [-0.05, 0) is 25.2 Å².